The Kier molecular flexibility index (Phi) is 9.52. The van der Waals surface area contributed by atoms with E-state index in [4.69, 9.17) is 11.2 Å². The number of carbonyl (C=O) groups excluding carboxylic acids is 3. The second-order valence-corrected chi connectivity index (χ2v) is 9.53. The number of fused-ring (bicyclic) bond motifs is 1. The summed E-state index contributed by atoms with van der Waals surface area (Å²) in [6, 6.07) is 14.8. The zero-order valence-electron chi connectivity index (χ0n) is 22.1. The quantitative estimate of drug-likeness (QED) is 0.374. The molecule has 2 heterocycles. The Morgan fingerprint density at radius 1 is 1.15 bits per heavy atom. The fourth-order valence-electron chi connectivity index (χ4n) is 5.02. The van der Waals surface area contributed by atoms with Crippen molar-refractivity contribution in [3.05, 3.63) is 71.5 Å². The third-order valence-corrected chi connectivity index (χ3v) is 6.88. The molecule has 206 valence electrons. The molecular weight excluding hydrogens is 501 g/mol. The van der Waals surface area contributed by atoms with Crippen LogP contribution in [0.15, 0.2) is 54.6 Å². The Balaban J connectivity index is 1.51. The van der Waals surface area contributed by atoms with Crippen LogP contribution in [0.5, 0.6) is 0 Å². The van der Waals surface area contributed by atoms with Crippen molar-refractivity contribution >= 4 is 17.8 Å². The number of nitrogens with one attached hydrogen (secondary N) is 1. The first-order valence-electron chi connectivity index (χ1n) is 13.1. The van der Waals surface area contributed by atoms with Crippen LogP contribution in [0.25, 0.3) is 0 Å². The molecular formula is C29H34FN5O4. The van der Waals surface area contributed by atoms with Gasteiger partial charge in [-0.25, -0.2) is 14.2 Å². The molecule has 2 aromatic rings. The Morgan fingerprint density at radius 2 is 1.90 bits per heavy atom. The fourth-order valence-corrected chi connectivity index (χ4v) is 5.02. The minimum absolute atomic E-state index is 0.0625. The van der Waals surface area contributed by atoms with Crippen LogP contribution < -0.4 is 5.32 Å². The predicted molar refractivity (Wildman–Crippen MR) is 143 cm³/mol. The van der Waals surface area contributed by atoms with Gasteiger partial charge >= 0.3 is 6.03 Å². The minimum Gasteiger partial charge on any atom is -0.375 e. The molecule has 9 nitrogen and oxygen atoms in total. The zero-order chi connectivity index (χ0) is 27.8. The lowest BCUT2D eigenvalue weighted by atomic mass is 10.0. The average Bonchev–Trinajstić information content (AvgIpc) is 2.93. The van der Waals surface area contributed by atoms with Crippen molar-refractivity contribution in [2.24, 2.45) is 0 Å². The van der Waals surface area contributed by atoms with Gasteiger partial charge in [0.15, 0.2) is 0 Å². The first-order valence-corrected chi connectivity index (χ1v) is 13.1. The van der Waals surface area contributed by atoms with E-state index in [0.717, 1.165) is 5.56 Å². The first-order chi connectivity index (χ1) is 18.9. The summed E-state index contributed by atoms with van der Waals surface area (Å²) < 4.78 is 19.6. The van der Waals surface area contributed by atoms with Crippen molar-refractivity contribution in [2.45, 2.75) is 45.1 Å². The summed E-state index contributed by atoms with van der Waals surface area (Å²) in [6.07, 6.45) is 6.00. The van der Waals surface area contributed by atoms with Crippen molar-refractivity contribution in [2.75, 3.05) is 32.8 Å². The molecule has 2 aliphatic heterocycles. The van der Waals surface area contributed by atoms with E-state index in [0.29, 0.717) is 24.9 Å². The molecule has 2 fully saturated rings. The maximum atomic E-state index is 13.9. The standard InChI is InChI=1S/C29H34FN5O4/c1-3-10-25-28(37)32(16-17-39-21-23-13-8-9-14-24(23)30)19-26-34(25)27(36)20-33(15-4-2)35(26)29(38)31-18-22-11-6-5-7-12-22/h2,5-9,11-14,25-26H,3,10,15-21H2,1H3,(H,31,38)/t25-,26-/m0/s1. The van der Waals surface area contributed by atoms with Gasteiger partial charge in [-0.1, -0.05) is 67.8 Å². The zero-order valence-corrected chi connectivity index (χ0v) is 22.1. The molecule has 0 aliphatic carbocycles. The average molecular weight is 536 g/mol. The molecule has 0 bridgehead atoms. The Hall–Kier alpha value is -3.94. The van der Waals surface area contributed by atoms with Crippen molar-refractivity contribution in [1.82, 2.24) is 25.1 Å². The molecule has 39 heavy (non-hydrogen) atoms. The number of ether oxygens (including phenoxy) is 1. The molecule has 4 amide bonds. The van der Waals surface area contributed by atoms with Crippen LogP contribution in [0, 0.1) is 18.2 Å². The summed E-state index contributed by atoms with van der Waals surface area (Å²) in [4.78, 5) is 43.4. The second kappa shape index (κ2) is 13.2. The van der Waals surface area contributed by atoms with Gasteiger partial charge in [-0.3, -0.25) is 9.59 Å². The third-order valence-electron chi connectivity index (χ3n) is 6.88. The molecule has 2 aromatic carbocycles. The molecule has 2 aliphatic rings. The summed E-state index contributed by atoms with van der Waals surface area (Å²) in [5.74, 6) is 1.75. The normalized spacial score (nSPS) is 19.6. The largest absolute Gasteiger partial charge is 0.375 e. The highest BCUT2D eigenvalue weighted by molar-refractivity contribution is 5.91. The maximum Gasteiger partial charge on any atom is 0.334 e. The lowest BCUT2D eigenvalue weighted by Gasteiger charge is -2.54. The Morgan fingerprint density at radius 3 is 2.62 bits per heavy atom. The predicted octanol–water partition coefficient (Wildman–Crippen LogP) is 2.58. The maximum absolute atomic E-state index is 13.9. The topological polar surface area (TPSA) is 85.4 Å². The van der Waals surface area contributed by atoms with Crippen LogP contribution in [0.2, 0.25) is 0 Å². The number of amides is 4. The van der Waals surface area contributed by atoms with Crippen LogP contribution in [-0.2, 0) is 27.5 Å². The molecule has 2 saturated heterocycles. The first kappa shape index (κ1) is 28.1. The highest BCUT2D eigenvalue weighted by Gasteiger charge is 2.50. The van der Waals surface area contributed by atoms with Crippen LogP contribution >= 0.6 is 0 Å². The van der Waals surface area contributed by atoms with Crippen LogP contribution in [-0.4, -0.2) is 82.7 Å². The Labute approximate surface area is 228 Å². The van der Waals surface area contributed by atoms with E-state index in [1.165, 1.54) is 16.0 Å². The van der Waals surface area contributed by atoms with Crippen molar-refractivity contribution in [3.63, 3.8) is 0 Å². The number of rotatable bonds is 10. The molecule has 2 atom stereocenters. The van der Waals surface area contributed by atoms with E-state index in [-0.39, 0.29) is 57.0 Å². The van der Waals surface area contributed by atoms with Gasteiger partial charge in [-0.15, -0.1) is 6.42 Å². The minimum atomic E-state index is -0.726. The third kappa shape index (κ3) is 6.56. The number of hydrazine groups is 1. The van der Waals surface area contributed by atoms with E-state index in [1.54, 1.807) is 28.1 Å². The van der Waals surface area contributed by atoms with Crippen molar-refractivity contribution in [3.8, 4) is 12.3 Å². The van der Waals surface area contributed by atoms with E-state index < -0.39 is 18.2 Å². The molecule has 0 spiro atoms. The van der Waals surface area contributed by atoms with Gasteiger partial charge < -0.3 is 19.9 Å². The summed E-state index contributed by atoms with van der Waals surface area (Å²) in [6.45, 7) is 2.80. The number of urea groups is 1. The number of hydrogen-bond donors (Lipinski definition) is 1. The number of halogens is 1. The van der Waals surface area contributed by atoms with Crippen LogP contribution in [0.3, 0.4) is 0 Å². The second-order valence-electron chi connectivity index (χ2n) is 9.53. The monoisotopic (exact) mass is 535 g/mol. The van der Waals surface area contributed by atoms with Crippen LogP contribution in [0.1, 0.15) is 30.9 Å². The fraction of sp³-hybridized carbons (Fsp3) is 0.414. The summed E-state index contributed by atoms with van der Waals surface area (Å²) in [5, 5.41) is 5.96. The molecule has 0 radical (unpaired) electrons. The molecule has 1 N–H and O–H groups in total. The van der Waals surface area contributed by atoms with E-state index >= 15 is 0 Å². The summed E-state index contributed by atoms with van der Waals surface area (Å²) >= 11 is 0. The van der Waals surface area contributed by atoms with Gasteiger partial charge in [-0.2, -0.15) is 5.01 Å². The molecule has 0 aromatic heterocycles. The highest BCUT2D eigenvalue weighted by atomic mass is 19.1. The van der Waals surface area contributed by atoms with Crippen molar-refractivity contribution < 1.29 is 23.5 Å². The molecule has 0 unspecified atom stereocenters. The number of terminal acetylenes is 1. The number of benzene rings is 2. The number of nitrogens with zero attached hydrogens (tertiary/aromatic N) is 4. The highest BCUT2D eigenvalue weighted by Crippen LogP contribution is 2.28. The number of carbonyl (C=O) groups is 3. The van der Waals surface area contributed by atoms with Gasteiger partial charge in [0.2, 0.25) is 11.8 Å². The number of piperazine rings is 1. The van der Waals surface area contributed by atoms with Crippen molar-refractivity contribution in [1.29, 1.82) is 0 Å². The van der Waals surface area contributed by atoms with Gasteiger partial charge in [0, 0.05) is 18.7 Å². The van der Waals surface area contributed by atoms with E-state index in [9.17, 15) is 18.8 Å². The van der Waals surface area contributed by atoms with Gasteiger partial charge in [0.25, 0.3) is 0 Å². The number of hydrogen-bond acceptors (Lipinski definition) is 5. The lowest BCUT2D eigenvalue weighted by Crippen LogP contribution is -2.76. The molecule has 4 rings (SSSR count). The molecule has 10 heteroatoms. The van der Waals surface area contributed by atoms with E-state index in [2.05, 4.69) is 11.2 Å². The molecule has 0 saturated carbocycles. The lowest BCUT2D eigenvalue weighted by molar-refractivity contribution is -0.189. The summed E-state index contributed by atoms with van der Waals surface area (Å²) in [7, 11) is 0. The van der Waals surface area contributed by atoms with Gasteiger partial charge in [-0.05, 0) is 18.1 Å². The SMILES string of the molecule is C#CCN1CC(=O)N2[C@@H](CCC)C(=O)N(CCOCc3ccccc3F)C[C@@H]2N1C(=O)NCc1ccccc1. The smallest absolute Gasteiger partial charge is 0.334 e. The van der Waals surface area contributed by atoms with E-state index in [1.807, 2.05) is 37.3 Å². The summed E-state index contributed by atoms with van der Waals surface area (Å²) in [5.41, 5.74) is 1.36. The Bertz CT molecular complexity index is 1200. The van der Waals surface area contributed by atoms with Gasteiger partial charge in [0.1, 0.15) is 18.0 Å². The van der Waals surface area contributed by atoms with Crippen LogP contribution in [0.4, 0.5) is 9.18 Å². The van der Waals surface area contributed by atoms with Gasteiger partial charge in [0.05, 0.1) is 32.8 Å².